The molecule has 2 N–H and O–H groups in total. The predicted molar refractivity (Wildman–Crippen MR) is 69.9 cm³/mol. The van der Waals surface area contributed by atoms with Gasteiger partial charge in [-0.05, 0) is 38.5 Å². The summed E-state index contributed by atoms with van der Waals surface area (Å²) in [5, 5.41) is 21.1. The van der Waals surface area contributed by atoms with E-state index in [0.29, 0.717) is 0 Å². The van der Waals surface area contributed by atoms with Gasteiger partial charge in [0.25, 0.3) is 0 Å². The van der Waals surface area contributed by atoms with Crippen LogP contribution < -0.4 is 0 Å². The lowest BCUT2D eigenvalue weighted by Crippen LogP contribution is -2.36. The van der Waals surface area contributed by atoms with Gasteiger partial charge in [0.15, 0.2) is 0 Å². The van der Waals surface area contributed by atoms with E-state index < -0.39 is 11.2 Å². The van der Waals surface area contributed by atoms with E-state index in [4.69, 9.17) is 0 Å². The summed E-state index contributed by atoms with van der Waals surface area (Å²) in [5.41, 5.74) is -0.927. The molecule has 0 unspecified atom stereocenters. The summed E-state index contributed by atoms with van der Waals surface area (Å²) in [5.74, 6) is 0. The third kappa shape index (κ3) is 3.96. The van der Waals surface area contributed by atoms with Crippen LogP contribution in [0.15, 0.2) is 0 Å². The van der Waals surface area contributed by atoms with E-state index in [1.807, 2.05) is 0 Å². The summed E-state index contributed by atoms with van der Waals surface area (Å²) < 4.78 is 0. The third-order valence-corrected chi connectivity index (χ3v) is 4.87. The fourth-order valence-electron chi connectivity index (χ4n) is 3.56. The van der Waals surface area contributed by atoms with Crippen LogP contribution in [0, 0.1) is 0 Å². The zero-order valence-corrected chi connectivity index (χ0v) is 11.1. The standard InChI is InChI=1S/C15H28O2/c16-14(8-4-1-2-5-9-14)12-13-15(17)10-6-3-7-11-15/h16-17H,1-13H2. The van der Waals surface area contributed by atoms with Crippen LogP contribution in [0.4, 0.5) is 0 Å². The van der Waals surface area contributed by atoms with Gasteiger partial charge in [-0.2, -0.15) is 0 Å². The summed E-state index contributed by atoms with van der Waals surface area (Å²) in [4.78, 5) is 0. The molecule has 0 spiro atoms. The molecule has 0 aromatic heterocycles. The highest BCUT2D eigenvalue weighted by Crippen LogP contribution is 2.37. The molecule has 17 heavy (non-hydrogen) atoms. The molecule has 2 aliphatic rings. The van der Waals surface area contributed by atoms with E-state index in [1.165, 1.54) is 19.3 Å². The van der Waals surface area contributed by atoms with Crippen LogP contribution in [0.5, 0.6) is 0 Å². The quantitative estimate of drug-likeness (QED) is 0.741. The second kappa shape index (κ2) is 5.71. The fourth-order valence-corrected chi connectivity index (χ4v) is 3.56. The van der Waals surface area contributed by atoms with Gasteiger partial charge in [0.05, 0.1) is 11.2 Å². The van der Waals surface area contributed by atoms with E-state index in [1.54, 1.807) is 0 Å². The summed E-state index contributed by atoms with van der Waals surface area (Å²) in [6.45, 7) is 0. The molecule has 0 heterocycles. The van der Waals surface area contributed by atoms with Crippen molar-refractivity contribution in [3.8, 4) is 0 Å². The topological polar surface area (TPSA) is 40.5 Å². The molecule has 2 aliphatic carbocycles. The van der Waals surface area contributed by atoms with Crippen molar-refractivity contribution < 1.29 is 10.2 Å². The molecule has 0 saturated heterocycles. The molecule has 0 atom stereocenters. The first kappa shape index (κ1) is 13.4. The molecule has 0 bridgehead atoms. The Morgan fingerprint density at radius 3 is 1.18 bits per heavy atom. The summed E-state index contributed by atoms with van der Waals surface area (Å²) in [7, 11) is 0. The van der Waals surface area contributed by atoms with Crippen molar-refractivity contribution in [2.45, 2.75) is 94.7 Å². The van der Waals surface area contributed by atoms with E-state index in [0.717, 1.165) is 64.2 Å². The van der Waals surface area contributed by atoms with Crippen LogP contribution in [0.1, 0.15) is 83.5 Å². The maximum absolute atomic E-state index is 10.6. The van der Waals surface area contributed by atoms with E-state index in [2.05, 4.69) is 0 Å². The maximum atomic E-state index is 10.6. The lowest BCUT2D eigenvalue weighted by Gasteiger charge is -2.36. The normalized spacial score (nSPS) is 28.6. The molecule has 2 saturated carbocycles. The highest BCUT2D eigenvalue weighted by molar-refractivity contribution is 4.88. The number of aliphatic hydroxyl groups is 2. The van der Waals surface area contributed by atoms with E-state index in [-0.39, 0.29) is 0 Å². The summed E-state index contributed by atoms with van der Waals surface area (Å²) in [6.07, 6.45) is 13.9. The SMILES string of the molecule is OC1(CCC2(O)CCCCC2)CCCCCC1. The van der Waals surface area contributed by atoms with Crippen molar-refractivity contribution in [3.63, 3.8) is 0 Å². The summed E-state index contributed by atoms with van der Waals surface area (Å²) in [6, 6.07) is 0. The molecule has 2 nitrogen and oxygen atoms in total. The zero-order valence-electron chi connectivity index (χ0n) is 11.1. The minimum atomic E-state index is -0.469. The van der Waals surface area contributed by atoms with Gasteiger partial charge >= 0.3 is 0 Å². The van der Waals surface area contributed by atoms with Crippen molar-refractivity contribution in [1.82, 2.24) is 0 Å². The molecule has 0 amide bonds. The second-order valence-electron chi connectivity index (χ2n) is 6.42. The Kier molecular flexibility index (Phi) is 4.48. The monoisotopic (exact) mass is 240 g/mol. The van der Waals surface area contributed by atoms with Crippen LogP contribution in [0.25, 0.3) is 0 Å². The molecule has 0 radical (unpaired) electrons. The first-order valence-corrected chi connectivity index (χ1v) is 7.57. The van der Waals surface area contributed by atoms with Crippen LogP contribution in [0.3, 0.4) is 0 Å². The molecular formula is C15H28O2. The van der Waals surface area contributed by atoms with Crippen molar-refractivity contribution in [2.24, 2.45) is 0 Å². The molecular weight excluding hydrogens is 212 g/mol. The minimum Gasteiger partial charge on any atom is -0.390 e. The van der Waals surface area contributed by atoms with Crippen molar-refractivity contribution >= 4 is 0 Å². The average Bonchev–Trinajstić information content (AvgIpc) is 2.54. The Labute approximate surface area is 105 Å². The van der Waals surface area contributed by atoms with Crippen LogP contribution in [0.2, 0.25) is 0 Å². The smallest absolute Gasteiger partial charge is 0.0648 e. The third-order valence-electron chi connectivity index (χ3n) is 4.87. The van der Waals surface area contributed by atoms with Crippen LogP contribution in [-0.4, -0.2) is 21.4 Å². The van der Waals surface area contributed by atoms with Crippen molar-refractivity contribution in [1.29, 1.82) is 0 Å². The molecule has 0 aromatic rings. The highest BCUT2D eigenvalue weighted by Gasteiger charge is 2.34. The van der Waals surface area contributed by atoms with E-state index >= 15 is 0 Å². The molecule has 2 fully saturated rings. The second-order valence-corrected chi connectivity index (χ2v) is 6.42. The molecule has 0 aromatic carbocycles. The first-order valence-electron chi connectivity index (χ1n) is 7.57. The van der Waals surface area contributed by atoms with Gasteiger partial charge in [-0.1, -0.05) is 44.9 Å². The van der Waals surface area contributed by atoms with Gasteiger partial charge in [0.2, 0.25) is 0 Å². The largest absolute Gasteiger partial charge is 0.390 e. The Morgan fingerprint density at radius 1 is 0.529 bits per heavy atom. The zero-order chi connectivity index (χ0) is 12.2. The number of hydrogen-bond donors (Lipinski definition) is 2. The van der Waals surface area contributed by atoms with Gasteiger partial charge in [0, 0.05) is 0 Å². The van der Waals surface area contributed by atoms with Crippen LogP contribution >= 0.6 is 0 Å². The Morgan fingerprint density at radius 2 is 0.824 bits per heavy atom. The number of hydrogen-bond acceptors (Lipinski definition) is 2. The number of rotatable bonds is 3. The average molecular weight is 240 g/mol. The van der Waals surface area contributed by atoms with Gasteiger partial charge < -0.3 is 10.2 Å². The molecule has 2 rings (SSSR count). The summed E-state index contributed by atoms with van der Waals surface area (Å²) >= 11 is 0. The van der Waals surface area contributed by atoms with Crippen LogP contribution in [-0.2, 0) is 0 Å². The first-order chi connectivity index (χ1) is 8.12. The molecule has 2 heteroatoms. The van der Waals surface area contributed by atoms with E-state index in [9.17, 15) is 10.2 Å². The Hall–Kier alpha value is -0.0800. The lowest BCUT2D eigenvalue weighted by molar-refractivity contribution is -0.0449. The van der Waals surface area contributed by atoms with Gasteiger partial charge in [-0.3, -0.25) is 0 Å². The van der Waals surface area contributed by atoms with Crippen molar-refractivity contribution in [3.05, 3.63) is 0 Å². The maximum Gasteiger partial charge on any atom is 0.0648 e. The van der Waals surface area contributed by atoms with Gasteiger partial charge in [0.1, 0.15) is 0 Å². The predicted octanol–water partition coefficient (Wildman–Crippen LogP) is 3.55. The fraction of sp³-hybridized carbons (Fsp3) is 1.00. The van der Waals surface area contributed by atoms with Gasteiger partial charge in [-0.15, -0.1) is 0 Å². The highest BCUT2D eigenvalue weighted by atomic mass is 16.3. The Bertz CT molecular complexity index is 223. The molecule has 0 aliphatic heterocycles. The molecule has 100 valence electrons. The Balaban J connectivity index is 1.82. The van der Waals surface area contributed by atoms with Gasteiger partial charge in [-0.25, -0.2) is 0 Å². The minimum absolute atomic E-state index is 0.458. The van der Waals surface area contributed by atoms with Crippen molar-refractivity contribution in [2.75, 3.05) is 0 Å². The lowest BCUT2D eigenvalue weighted by atomic mass is 9.78.